The van der Waals surface area contributed by atoms with Gasteiger partial charge >= 0.3 is 0 Å². The molecule has 5 heteroatoms. The highest BCUT2D eigenvalue weighted by atomic mass is 32.2. The van der Waals surface area contributed by atoms with Crippen LogP contribution in [-0.2, 0) is 10.8 Å². The number of nitrogens with zero attached hydrogens (tertiary/aromatic N) is 2. The molecule has 0 N–H and O–H groups in total. The molecule has 0 aliphatic carbocycles. The van der Waals surface area contributed by atoms with Crippen LogP contribution >= 0.6 is 0 Å². The summed E-state index contributed by atoms with van der Waals surface area (Å²) in [6, 6.07) is 0. The van der Waals surface area contributed by atoms with E-state index in [4.69, 9.17) is 4.74 Å². The lowest BCUT2D eigenvalue weighted by molar-refractivity contribution is 0.340. The number of hydrogen-bond acceptors (Lipinski definition) is 4. The quantitative estimate of drug-likeness (QED) is 0.675. The van der Waals surface area contributed by atoms with Crippen molar-refractivity contribution >= 4 is 10.8 Å². The second-order valence-electron chi connectivity index (χ2n) is 2.20. The molecule has 0 fully saturated rings. The van der Waals surface area contributed by atoms with Crippen LogP contribution in [0.4, 0.5) is 0 Å². The second-order valence-corrected chi connectivity index (χ2v) is 3.75. The molecule has 0 spiro atoms. The van der Waals surface area contributed by atoms with Crippen LogP contribution in [-0.4, -0.2) is 32.8 Å². The molecule has 0 aromatic carbocycles. The van der Waals surface area contributed by atoms with Gasteiger partial charge in [-0.05, 0) is 0 Å². The minimum atomic E-state index is -0.805. The van der Waals surface area contributed by atoms with E-state index >= 15 is 0 Å². The topological polar surface area (TPSA) is 52.1 Å². The van der Waals surface area contributed by atoms with Gasteiger partial charge in [-0.15, -0.1) is 0 Å². The van der Waals surface area contributed by atoms with Gasteiger partial charge in [0.05, 0.1) is 24.8 Å². The van der Waals surface area contributed by atoms with E-state index in [9.17, 15) is 4.21 Å². The Kier molecular flexibility index (Phi) is 3.66. The molecule has 1 aromatic rings. The SMILES string of the molecule is CS(=O)CCOc1cncnc1. The van der Waals surface area contributed by atoms with Gasteiger partial charge in [-0.3, -0.25) is 4.21 Å². The molecule has 0 aliphatic heterocycles. The Bertz CT molecular complexity index is 253. The van der Waals surface area contributed by atoms with Gasteiger partial charge in [0.15, 0.2) is 5.75 Å². The summed E-state index contributed by atoms with van der Waals surface area (Å²) in [7, 11) is -0.805. The summed E-state index contributed by atoms with van der Waals surface area (Å²) in [6.45, 7) is 0.441. The minimum Gasteiger partial charge on any atom is -0.489 e. The molecule has 0 bridgehead atoms. The summed E-state index contributed by atoms with van der Waals surface area (Å²) < 4.78 is 15.8. The lowest BCUT2D eigenvalue weighted by Crippen LogP contribution is -2.07. The van der Waals surface area contributed by atoms with Gasteiger partial charge < -0.3 is 4.74 Å². The molecule has 0 saturated heterocycles. The number of aromatic nitrogens is 2. The Morgan fingerprint density at radius 3 is 2.75 bits per heavy atom. The van der Waals surface area contributed by atoms with Crippen LogP contribution in [0, 0.1) is 0 Å². The van der Waals surface area contributed by atoms with Crippen LogP contribution < -0.4 is 4.74 Å². The normalized spacial score (nSPS) is 12.4. The van der Waals surface area contributed by atoms with Crippen LogP contribution in [0.2, 0.25) is 0 Å². The first-order valence-corrected chi connectivity index (χ1v) is 5.19. The first kappa shape index (κ1) is 9.12. The summed E-state index contributed by atoms with van der Waals surface area (Å²) in [4.78, 5) is 7.54. The van der Waals surface area contributed by atoms with Gasteiger partial charge in [0, 0.05) is 17.1 Å². The third-order valence-corrected chi connectivity index (χ3v) is 1.92. The minimum absolute atomic E-state index is 0.441. The molecule has 0 radical (unpaired) electrons. The first-order valence-electron chi connectivity index (χ1n) is 3.47. The summed E-state index contributed by atoms with van der Waals surface area (Å²) in [5.74, 6) is 1.15. The first-order chi connectivity index (χ1) is 5.79. The number of hydrogen-bond donors (Lipinski definition) is 0. The van der Waals surface area contributed by atoms with Crippen LogP contribution in [0.1, 0.15) is 0 Å². The van der Waals surface area contributed by atoms with E-state index in [1.807, 2.05) is 0 Å². The van der Waals surface area contributed by atoms with Crippen LogP contribution in [0.3, 0.4) is 0 Å². The van der Waals surface area contributed by atoms with Crippen molar-refractivity contribution in [3.05, 3.63) is 18.7 Å². The zero-order chi connectivity index (χ0) is 8.81. The Labute approximate surface area is 73.5 Å². The van der Waals surface area contributed by atoms with E-state index in [2.05, 4.69) is 9.97 Å². The zero-order valence-electron chi connectivity index (χ0n) is 6.77. The van der Waals surface area contributed by atoms with E-state index in [1.54, 1.807) is 18.6 Å². The highest BCUT2D eigenvalue weighted by Gasteiger charge is 1.94. The molecule has 4 nitrogen and oxygen atoms in total. The van der Waals surface area contributed by atoms with E-state index < -0.39 is 10.8 Å². The van der Waals surface area contributed by atoms with Crippen molar-refractivity contribution in [2.24, 2.45) is 0 Å². The fourth-order valence-corrected chi connectivity index (χ4v) is 0.955. The monoisotopic (exact) mass is 186 g/mol. The predicted molar refractivity (Wildman–Crippen MR) is 46.5 cm³/mol. The molecule has 1 unspecified atom stereocenters. The molecule has 0 saturated carbocycles. The lowest BCUT2D eigenvalue weighted by atomic mass is 10.6. The van der Waals surface area contributed by atoms with E-state index in [-0.39, 0.29) is 0 Å². The summed E-state index contributed by atoms with van der Waals surface area (Å²) in [5, 5.41) is 0. The predicted octanol–water partition coefficient (Wildman–Crippen LogP) is 0.234. The highest BCUT2D eigenvalue weighted by molar-refractivity contribution is 7.84. The summed E-state index contributed by atoms with van der Waals surface area (Å²) >= 11 is 0. The smallest absolute Gasteiger partial charge is 0.155 e. The van der Waals surface area contributed by atoms with Crippen molar-refractivity contribution in [2.75, 3.05) is 18.6 Å². The molecular formula is C7H10N2O2S. The Morgan fingerprint density at radius 1 is 1.50 bits per heavy atom. The molecule has 0 aliphatic rings. The van der Waals surface area contributed by atoms with E-state index in [0.717, 1.165) is 0 Å². The third-order valence-electron chi connectivity index (χ3n) is 1.18. The molecule has 1 rings (SSSR count). The molecule has 66 valence electrons. The van der Waals surface area contributed by atoms with Crippen molar-refractivity contribution in [1.29, 1.82) is 0 Å². The maximum atomic E-state index is 10.6. The van der Waals surface area contributed by atoms with Gasteiger partial charge in [-0.25, -0.2) is 9.97 Å². The lowest BCUT2D eigenvalue weighted by Gasteiger charge is -2.01. The molecule has 12 heavy (non-hydrogen) atoms. The number of rotatable bonds is 4. The standard InChI is InChI=1S/C7H10N2O2S/c1-12(10)3-2-11-7-4-8-6-9-5-7/h4-6H,2-3H2,1H3. The number of ether oxygens (including phenoxy) is 1. The molecule has 0 amide bonds. The fourth-order valence-electron chi connectivity index (χ4n) is 0.637. The molecule has 1 atom stereocenters. The summed E-state index contributed by atoms with van der Waals surface area (Å²) in [5.41, 5.74) is 0. The highest BCUT2D eigenvalue weighted by Crippen LogP contribution is 2.02. The van der Waals surface area contributed by atoms with Gasteiger partial charge in [0.1, 0.15) is 6.33 Å². The van der Waals surface area contributed by atoms with Crippen molar-refractivity contribution in [3.63, 3.8) is 0 Å². The average molecular weight is 186 g/mol. The second kappa shape index (κ2) is 4.82. The van der Waals surface area contributed by atoms with Gasteiger partial charge in [-0.1, -0.05) is 0 Å². The van der Waals surface area contributed by atoms with Crippen molar-refractivity contribution in [1.82, 2.24) is 9.97 Å². The summed E-state index contributed by atoms with van der Waals surface area (Å²) in [6.07, 6.45) is 6.23. The maximum absolute atomic E-state index is 10.6. The van der Waals surface area contributed by atoms with E-state index in [1.165, 1.54) is 6.33 Å². The van der Waals surface area contributed by atoms with Gasteiger partial charge in [-0.2, -0.15) is 0 Å². The zero-order valence-corrected chi connectivity index (χ0v) is 7.58. The van der Waals surface area contributed by atoms with Crippen LogP contribution in [0.25, 0.3) is 0 Å². The van der Waals surface area contributed by atoms with Gasteiger partial charge in [0.25, 0.3) is 0 Å². The molecule has 1 heterocycles. The Balaban J connectivity index is 2.29. The van der Waals surface area contributed by atoms with E-state index in [0.29, 0.717) is 18.1 Å². The van der Waals surface area contributed by atoms with Crippen molar-refractivity contribution in [2.45, 2.75) is 0 Å². The van der Waals surface area contributed by atoms with Crippen LogP contribution in [0.5, 0.6) is 5.75 Å². The molecular weight excluding hydrogens is 176 g/mol. The third kappa shape index (κ3) is 3.43. The largest absolute Gasteiger partial charge is 0.489 e. The Hall–Kier alpha value is -0.970. The van der Waals surface area contributed by atoms with Crippen LogP contribution in [0.15, 0.2) is 18.7 Å². The van der Waals surface area contributed by atoms with Crippen molar-refractivity contribution < 1.29 is 8.95 Å². The average Bonchev–Trinajstić information content (AvgIpc) is 2.05. The van der Waals surface area contributed by atoms with Crippen molar-refractivity contribution in [3.8, 4) is 5.75 Å². The Morgan fingerprint density at radius 2 is 2.17 bits per heavy atom. The fraction of sp³-hybridized carbons (Fsp3) is 0.429. The van der Waals surface area contributed by atoms with Gasteiger partial charge in [0.2, 0.25) is 0 Å². The molecule has 1 aromatic heterocycles. The maximum Gasteiger partial charge on any atom is 0.155 e.